The van der Waals surface area contributed by atoms with E-state index in [1.165, 1.54) is 4.68 Å². The Morgan fingerprint density at radius 3 is 2.54 bits per heavy atom. The van der Waals surface area contributed by atoms with E-state index in [0.717, 1.165) is 12.5 Å². The summed E-state index contributed by atoms with van der Waals surface area (Å²) in [6.07, 6.45) is -3.60. The number of nitrogens with zero attached hydrogens (tertiary/aromatic N) is 1. The molecule has 6 heteroatoms. The van der Waals surface area contributed by atoms with Gasteiger partial charge in [0.05, 0.1) is 0 Å². The molecule has 1 aromatic rings. The van der Waals surface area contributed by atoms with Crippen LogP contribution in [0.25, 0.3) is 0 Å². The van der Waals surface area contributed by atoms with Crippen molar-refractivity contribution in [1.82, 2.24) is 9.78 Å². The lowest BCUT2D eigenvalue weighted by Crippen LogP contribution is -2.07. The summed E-state index contributed by atoms with van der Waals surface area (Å²) in [6, 6.07) is 0.936. The van der Waals surface area contributed by atoms with Crippen LogP contribution in [0.2, 0.25) is 0 Å². The summed E-state index contributed by atoms with van der Waals surface area (Å²) >= 11 is 4.74. The van der Waals surface area contributed by atoms with Crippen LogP contribution in [0, 0.1) is 4.64 Å². The number of hydrogen-bond acceptors (Lipinski definition) is 1. The van der Waals surface area contributed by atoms with Crippen molar-refractivity contribution in [2.75, 3.05) is 0 Å². The van der Waals surface area contributed by atoms with Gasteiger partial charge >= 0.3 is 6.18 Å². The van der Waals surface area contributed by atoms with Gasteiger partial charge in [-0.25, -0.2) is 0 Å². The topological polar surface area (TPSA) is 20.7 Å². The first-order chi connectivity index (χ1) is 5.95. The third-order valence-corrected chi connectivity index (χ3v) is 1.88. The van der Waals surface area contributed by atoms with Crippen LogP contribution in [0.1, 0.15) is 19.0 Å². The van der Waals surface area contributed by atoms with Crippen LogP contribution in [-0.2, 0) is 12.7 Å². The molecule has 2 nitrogen and oxygen atoms in total. The number of aryl methyl sites for hydroxylation is 1. The van der Waals surface area contributed by atoms with Crippen LogP contribution in [0.3, 0.4) is 0 Å². The first-order valence-electron chi connectivity index (χ1n) is 3.82. The molecular weight excluding hydrogens is 201 g/mol. The van der Waals surface area contributed by atoms with Crippen molar-refractivity contribution in [3.05, 3.63) is 16.4 Å². The number of H-pyrrole nitrogens is 1. The summed E-state index contributed by atoms with van der Waals surface area (Å²) in [6.45, 7) is 2.35. The van der Waals surface area contributed by atoms with Crippen LogP contribution < -0.4 is 0 Å². The van der Waals surface area contributed by atoms with Gasteiger partial charge in [0.25, 0.3) is 0 Å². The number of aromatic nitrogens is 2. The summed E-state index contributed by atoms with van der Waals surface area (Å²) < 4.78 is 37.9. The Morgan fingerprint density at radius 2 is 2.15 bits per heavy atom. The number of halogens is 3. The van der Waals surface area contributed by atoms with E-state index in [4.69, 9.17) is 12.2 Å². The van der Waals surface area contributed by atoms with Crippen molar-refractivity contribution in [2.45, 2.75) is 26.1 Å². The molecule has 0 spiro atoms. The second-order valence-corrected chi connectivity index (χ2v) is 3.08. The minimum absolute atomic E-state index is 0.189. The number of rotatable bonds is 2. The molecule has 0 fully saturated rings. The van der Waals surface area contributed by atoms with Crippen molar-refractivity contribution >= 4 is 12.2 Å². The van der Waals surface area contributed by atoms with Gasteiger partial charge in [0, 0.05) is 12.6 Å². The summed E-state index contributed by atoms with van der Waals surface area (Å²) in [7, 11) is 0. The van der Waals surface area contributed by atoms with E-state index in [2.05, 4.69) is 5.10 Å². The van der Waals surface area contributed by atoms with Crippen LogP contribution in [0.5, 0.6) is 0 Å². The van der Waals surface area contributed by atoms with Gasteiger partial charge in [0.1, 0.15) is 10.3 Å². The molecule has 1 rings (SSSR count). The molecule has 0 amide bonds. The fraction of sp³-hybridized carbons (Fsp3) is 0.571. The molecular formula is C7H9F3N2S. The third-order valence-electron chi connectivity index (χ3n) is 1.54. The van der Waals surface area contributed by atoms with Gasteiger partial charge in [0.2, 0.25) is 0 Å². The highest BCUT2D eigenvalue weighted by molar-refractivity contribution is 7.71. The number of aromatic amines is 1. The average molecular weight is 210 g/mol. The zero-order valence-electron chi connectivity index (χ0n) is 6.98. The quantitative estimate of drug-likeness (QED) is 0.744. The zero-order chi connectivity index (χ0) is 10.1. The maximum absolute atomic E-state index is 12.1. The van der Waals surface area contributed by atoms with Crippen molar-refractivity contribution in [3.63, 3.8) is 0 Å². The van der Waals surface area contributed by atoms with E-state index in [0.29, 0.717) is 6.54 Å². The zero-order valence-corrected chi connectivity index (χ0v) is 7.80. The summed E-state index contributed by atoms with van der Waals surface area (Å²) in [4.78, 5) is 0. The normalized spacial score (nSPS) is 12.0. The van der Waals surface area contributed by atoms with E-state index in [1.54, 1.807) is 0 Å². The lowest BCUT2D eigenvalue weighted by Gasteiger charge is -2.03. The van der Waals surface area contributed by atoms with Crippen LogP contribution in [0.4, 0.5) is 13.2 Å². The van der Waals surface area contributed by atoms with Crippen molar-refractivity contribution in [1.29, 1.82) is 0 Å². The second kappa shape index (κ2) is 3.53. The molecule has 0 bridgehead atoms. The fourth-order valence-electron chi connectivity index (χ4n) is 0.969. The Kier molecular flexibility index (Phi) is 2.80. The highest BCUT2D eigenvalue weighted by Crippen LogP contribution is 2.27. The largest absolute Gasteiger partial charge is 0.432 e. The Morgan fingerprint density at radius 1 is 1.54 bits per heavy atom. The molecule has 0 aliphatic rings. The minimum atomic E-state index is -4.34. The van der Waals surface area contributed by atoms with Crippen molar-refractivity contribution < 1.29 is 13.2 Å². The smallest absolute Gasteiger partial charge is 0.293 e. The standard InChI is InChI=1S/C7H9F3N2S/c1-2-3-12-6(13)4-5(11-12)7(8,9)10/h4,11H,2-3H2,1H3. The van der Waals surface area contributed by atoms with E-state index in [9.17, 15) is 13.2 Å². The number of hydrogen-bond donors (Lipinski definition) is 1. The average Bonchev–Trinajstić information content (AvgIpc) is 2.32. The van der Waals surface area contributed by atoms with Gasteiger partial charge in [-0.2, -0.15) is 13.2 Å². The predicted molar refractivity (Wildman–Crippen MR) is 44.9 cm³/mol. The number of alkyl halides is 3. The van der Waals surface area contributed by atoms with E-state index in [1.807, 2.05) is 6.92 Å². The van der Waals surface area contributed by atoms with Crippen molar-refractivity contribution in [3.8, 4) is 0 Å². The van der Waals surface area contributed by atoms with Gasteiger partial charge in [-0.05, 0) is 6.42 Å². The van der Waals surface area contributed by atoms with Gasteiger partial charge in [-0.15, -0.1) is 0 Å². The van der Waals surface area contributed by atoms with Gasteiger partial charge in [-0.1, -0.05) is 19.1 Å². The molecule has 1 aromatic heterocycles. The summed E-state index contributed by atoms with van der Waals surface area (Å²) in [5.41, 5.74) is -0.786. The molecule has 0 saturated heterocycles. The van der Waals surface area contributed by atoms with E-state index >= 15 is 0 Å². The lowest BCUT2D eigenvalue weighted by molar-refractivity contribution is -0.141. The van der Waals surface area contributed by atoms with E-state index < -0.39 is 11.9 Å². The maximum atomic E-state index is 12.1. The van der Waals surface area contributed by atoms with Crippen LogP contribution in [0.15, 0.2) is 6.07 Å². The first-order valence-corrected chi connectivity index (χ1v) is 4.23. The minimum Gasteiger partial charge on any atom is -0.293 e. The Hall–Kier alpha value is -0.780. The molecule has 0 aliphatic heterocycles. The fourth-order valence-corrected chi connectivity index (χ4v) is 1.22. The molecule has 0 unspecified atom stereocenters. The van der Waals surface area contributed by atoms with E-state index in [-0.39, 0.29) is 4.64 Å². The van der Waals surface area contributed by atoms with Gasteiger partial charge in [-0.3, -0.25) is 9.78 Å². The Labute approximate surface area is 78.4 Å². The molecule has 13 heavy (non-hydrogen) atoms. The van der Waals surface area contributed by atoms with Gasteiger partial charge < -0.3 is 0 Å². The molecule has 1 N–H and O–H groups in total. The summed E-state index contributed by atoms with van der Waals surface area (Å²) in [5.74, 6) is 0. The van der Waals surface area contributed by atoms with Gasteiger partial charge in [0.15, 0.2) is 0 Å². The Balaban J connectivity index is 3.02. The molecule has 0 aromatic carbocycles. The predicted octanol–water partition coefficient (Wildman–Crippen LogP) is 2.97. The number of nitrogens with one attached hydrogen (secondary N) is 1. The van der Waals surface area contributed by atoms with Crippen molar-refractivity contribution in [2.24, 2.45) is 0 Å². The lowest BCUT2D eigenvalue weighted by atomic mass is 10.4. The highest BCUT2D eigenvalue weighted by atomic mass is 32.1. The first kappa shape index (κ1) is 10.3. The molecule has 0 aliphatic carbocycles. The highest BCUT2D eigenvalue weighted by Gasteiger charge is 2.32. The van der Waals surface area contributed by atoms with Crippen LogP contribution >= 0.6 is 12.2 Å². The SMILES string of the molecule is CCCn1[nH]c(C(F)(F)F)cc1=S. The third kappa shape index (κ3) is 2.33. The van der Waals surface area contributed by atoms with Crippen LogP contribution in [-0.4, -0.2) is 9.78 Å². The molecule has 1 heterocycles. The summed E-state index contributed by atoms with van der Waals surface area (Å²) in [5, 5.41) is 2.21. The Bertz CT molecular complexity index is 336. The molecule has 0 saturated carbocycles. The molecule has 74 valence electrons. The second-order valence-electron chi connectivity index (χ2n) is 2.66. The maximum Gasteiger partial charge on any atom is 0.432 e. The monoisotopic (exact) mass is 210 g/mol. The molecule has 0 atom stereocenters. The molecule has 0 radical (unpaired) electrons.